The molecule has 98 valence electrons. The van der Waals surface area contributed by atoms with E-state index in [0.717, 1.165) is 11.1 Å². The zero-order chi connectivity index (χ0) is 13.9. The number of benzene rings is 1. The second kappa shape index (κ2) is 5.01. The minimum atomic E-state index is -1.09. The van der Waals surface area contributed by atoms with E-state index >= 15 is 0 Å². The maximum Gasteiger partial charge on any atom is 0.371 e. The predicted octanol–water partition coefficient (Wildman–Crippen LogP) is 3.71. The first kappa shape index (κ1) is 12.2. The maximum atomic E-state index is 10.9. The van der Waals surface area contributed by atoms with Crippen molar-refractivity contribution in [2.24, 2.45) is 0 Å². The van der Waals surface area contributed by atoms with Gasteiger partial charge in [0.15, 0.2) is 5.76 Å². The molecule has 0 saturated carbocycles. The van der Waals surface area contributed by atoms with E-state index < -0.39 is 5.97 Å². The summed E-state index contributed by atoms with van der Waals surface area (Å²) in [5.74, 6) is -0.736. The molecule has 4 heteroatoms. The Kier molecular flexibility index (Phi) is 3.05. The number of nitrogens with zero attached hydrogens (tertiary/aromatic N) is 1. The Morgan fingerprint density at radius 1 is 1.00 bits per heavy atom. The zero-order valence-corrected chi connectivity index (χ0v) is 10.5. The second-order valence-electron chi connectivity index (χ2n) is 4.23. The molecule has 3 rings (SSSR count). The molecular formula is C16H11NO3. The van der Waals surface area contributed by atoms with Crippen molar-refractivity contribution in [2.45, 2.75) is 0 Å². The lowest BCUT2D eigenvalue weighted by molar-refractivity contribution is 0.0663. The standard InChI is InChI=1S/C16H11NO3/c18-16(19)14-9-8-13(20-14)15-12(7-4-10-17-15)11-5-2-1-3-6-11/h1-10H,(H,18,19). The Hall–Kier alpha value is -2.88. The quantitative estimate of drug-likeness (QED) is 0.784. The van der Waals surface area contributed by atoms with Gasteiger partial charge in [-0.25, -0.2) is 4.79 Å². The molecule has 3 aromatic rings. The van der Waals surface area contributed by atoms with Gasteiger partial charge < -0.3 is 9.52 Å². The van der Waals surface area contributed by atoms with Gasteiger partial charge in [-0.2, -0.15) is 0 Å². The smallest absolute Gasteiger partial charge is 0.371 e. The number of aromatic nitrogens is 1. The molecule has 0 bridgehead atoms. The molecule has 0 aliphatic carbocycles. The first-order valence-electron chi connectivity index (χ1n) is 6.09. The fraction of sp³-hybridized carbons (Fsp3) is 0. The van der Waals surface area contributed by atoms with Crippen LogP contribution in [0.4, 0.5) is 0 Å². The van der Waals surface area contributed by atoms with Crippen LogP contribution >= 0.6 is 0 Å². The summed E-state index contributed by atoms with van der Waals surface area (Å²) in [6.45, 7) is 0. The molecule has 4 nitrogen and oxygen atoms in total. The summed E-state index contributed by atoms with van der Waals surface area (Å²) in [5, 5.41) is 8.92. The molecule has 2 heterocycles. The highest BCUT2D eigenvalue weighted by atomic mass is 16.4. The molecule has 0 spiro atoms. The summed E-state index contributed by atoms with van der Waals surface area (Å²) in [6, 6.07) is 16.6. The van der Waals surface area contributed by atoms with Gasteiger partial charge >= 0.3 is 5.97 Å². The molecular weight excluding hydrogens is 254 g/mol. The Labute approximate surface area is 115 Å². The van der Waals surface area contributed by atoms with Crippen LogP contribution < -0.4 is 0 Å². The number of hydrogen-bond donors (Lipinski definition) is 1. The largest absolute Gasteiger partial charge is 0.475 e. The highest BCUT2D eigenvalue weighted by molar-refractivity contribution is 5.86. The third-order valence-electron chi connectivity index (χ3n) is 2.94. The Morgan fingerprint density at radius 2 is 1.80 bits per heavy atom. The molecule has 0 aliphatic rings. The summed E-state index contributed by atoms with van der Waals surface area (Å²) in [7, 11) is 0. The van der Waals surface area contributed by atoms with E-state index in [9.17, 15) is 4.79 Å². The third-order valence-corrected chi connectivity index (χ3v) is 2.94. The van der Waals surface area contributed by atoms with Crippen LogP contribution in [0.25, 0.3) is 22.6 Å². The lowest BCUT2D eigenvalue weighted by Crippen LogP contribution is -1.92. The van der Waals surface area contributed by atoms with Crippen molar-refractivity contribution in [2.75, 3.05) is 0 Å². The van der Waals surface area contributed by atoms with Crippen molar-refractivity contribution in [3.8, 4) is 22.6 Å². The number of carboxylic acid groups (broad SMARTS) is 1. The average molecular weight is 265 g/mol. The lowest BCUT2D eigenvalue weighted by atomic mass is 10.0. The van der Waals surface area contributed by atoms with Crippen LogP contribution in [0.3, 0.4) is 0 Å². The monoisotopic (exact) mass is 265 g/mol. The van der Waals surface area contributed by atoms with Crippen molar-refractivity contribution in [3.63, 3.8) is 0 Å². The average Bonchev–Trinajstić information content (AvgIpc) is 2.98. The maximum absolute atomic E-state index is 10.9. The highest BCUT2D eigenvalue weighted by Crippen LogP contribution is 2.30. The van der Waals surface area contributed by atoms with Crippen molar-refractivity contribution in [3.05, 3.63) is 66.6 Å². The van der Waals surface area contributed by atoms with Crippen molar-refractivity contribution in [1.82, 2.24) is 4.98 Å². The van der Waals surface area contributed by atoms with Crippen LogP contribution in [-0.4, -0.2) is 16.1 Å². The van der Waals surface area contributed by atoms with E-state index in [-0.39, 0.29) is 5.76 Å². The molecule has 2 aromatic heterocycles. The first-order chi connectivity index (χ1) is 9.75. The summed E-state index contributed by atoms with van der Waals surface area (Å²) in [4.78, 5) is 15.2. The summed E-state index contributed by atoms with van der Waals surface area (Å²) in [6.07, 6.45) is 1.66. The predicted molar refractivity (Wildman–Crippen MR) is 74.3 cm³/mol. The highest BCUT2D eigenvalue weighted by Gasteiger charge is 2.14. The van der Waals surface area contributed by atoms with Gasteiger partial charge in [-0.15, -0.1) is 0 Å². The summed E-state index contributed by atoms with van der Waals surface area (Å²) in [5.41, 5.74) is 2.54. The van der Waals surface area contributed by atoms with Crippen LogP contribution in [0.2, 0.25) is 0 Å². The molecule has 1 N–H and O–H groups in total. The topological polar surface area (TPSA) is 63.3 Å². The zero-order valence-electron chi connectivity index (χ0n) is 10.5. The van der Waals surface area contributed by atoms with E-state index in [1.54, 1.807) is 12.3 Å². The van der Waals surface area contributed by atoms with Crippen molar-refractivity contribution < 1.29 is 14.3 Å². The van der Waals surface area contributed by atoms with Gasteiger partial charge in [0.05, 0.1) is 0 Å². The van der Waals surface area contributed by atoms with E-state index in [4.69, 9.17) is 9.52 Å². The second-order valence-corrected chi connectivity index (χ2v) is 4.23. The number of furan rings is 1. The van der Waals surface area contributed by atoms with Gasteiger partial charge in [0.1, 0.15) is 5.69 Å². The summed E-state index contributed by atoms with van der Waals surface area (Å²) < 4.78 is 5.33. The fourth-order valence-electron chi connectivity index (χ4n) is 2.03. The molecule has 0 amide bonds. The minimum Gasteiger partial charge on any atom is -0.475 e. The Morgan fingerprint density at radius 3 is 2.50 bits per heavy atom. The van der Waals surface area contributed by atoms with Gasteiger partial charge in [0.2, 0.25) is 5.76 Å². The van der Waals surface area contributed by atoms with Gasteiger partial charge in [-0.3, -0.25) is 4.98 Å². The van der Waals surface area contributed by atoms with Gasteiger partial charge in [-0.05, 0) is 23.8 Å². The van der Waals surface area contributed by atoms with Crippen LogP contribution in [0, 0.1) is 0 Å². The van der Waals surface area contributed by atoms with E-state index in [0.29, 0.717) is 11.5 Å². The molecule has 20 heavy (non-hydrogen) atoms. The molecule has 0 atom stereocenters. The number of hydrogen-bond acceptors (Lipinski definition) is 3. The molecule has 1 aromatic carbocycles. The van der Waals surface area contributed by atoms with Gasteiger partial charge in [-0.1, -0.05) is 36.4 Å². The summed E-state index contributed by atoms with van der Waals surface area (Å²) >= 11 is 0. The molecule has 0 saturated heterocycles. The third kappa shape index (κ3) is 2.19. The molecule has 0 radical (unpaired) electrons. The molecule has 0 aliphatic heterocycles. The van der Waals surface area contributed by atoms with Gasteiger partial charge in [0.25, 0.3) is 0 Å². The van der Waals surface area contributed by atoms with Gasteiger partial charge in [0, 0.05) is 11.8 Å². The normalized spacial score (nSPS) is 10.4. The van der Waals surface area contributed by atoms with Crippen LogP contribution in [-0.2, 0) is 0 Å². The number of rotatable bonds is 3. The van der Waals surface area contributed by atoms with Crippen molar-refractivity contribution in [1.29, 1.82) is 0 Å². The fourth-order valence-corrected chi connectivity index (χ4v) is 2.03. The lowest BCUT2D eigenvalue weighted by Gasteiger charge is -2.06. The Balaban J connectivity index is 2.12. The van der Waals surface area contributed by atoms with Crippen LogP contribution in [0.5, 0.6) is 0 Å². The number of aromatic carboxylic acids is 1. The van der Waals surface area contributed by atoms with Crippen molar-refractivity contribution >= 4 is 5.97 Å². The molecule has 0 unspecified atom stereocenters. The Bertz CT molecular complexity index is 747. The number of carbonyl (C=O) groups is 1. The van der Waals surface area contributed by atoms with E-state index in [2.05, 4.69) is 4.98 Å². The number of pyridine rings is 1. The SMILES string of the molecule is O=C(O)c1ccc(-c2ncccc2-c2ccccc2)o1. The van der Waals surface area contributed by atoms with E-state index in [1.807, 2.05) is 42.5 Å². The molecule has 0 fully saturated rings. The van der Waals surface area contributed by atoms with Crippen LogP contribution in [0.15, 0.2) is 65.2 Å². The number of carboxylic acids is 1. The van der Waals surface area contributed by atoms with E-state index in [1.165, 1.54) is 6.07 Å². The first-order valence-corrected chi connectivity index (χ1v) is 6.09. The minimum absolute atomic E-state index is 0.0929. The van der Waals surface area contributed by atoms with Crippen LogP contribution in [0.1, 0.15) is 10.6 Å².